The summed E-state index contributed by atoms with van der Waals surface area (Å²) >= 11 is 2.08. The molecule has 27 heavy (non-hydrogen) atoms. The summed E-state index contributed by atoms with van der Waals surface area (Å²) in [5, 5.41) is 10.7. The minimum absolute atomic E-state index is 0. The summed E-state index contributed by atoms with van der Waals surface area (Å²) in [5.41, 5.74) is 2.79. The van der Waals surface area contributed by atoms with E-state index in [0.29, 0.717) is 11.2 Å². The van der Waals surface area contributed by atoms with Gasteiger partial charge in [-0.15, -0.1) is 31.2 Å². The standard InChI is InChI=1S/C10H16OSi.C9H13.C3H6.2ClH.Ti/c1-8-5-9(11)7-10(6-8)12(2,3)4;1-9(2,3)8-6-4-5-7-8;1-3-2;;;/h5-7,11H,1-4H3;4,6H,5H2,1-3H3;1-2H3;2*1H;/q;-1;;;;+1. The van der Waals surface area contributed by atoms with E-state index < -0.39 is 8.07 Å². The van der Waals surface area contributed by atoms with Gasteiger partial charge in [-0.2, -0.15) is 6.08 Å². The molecule has 0 radical (unpaired) electrons. The average Bonchev–Trinajstić information content (AvgIpc) is 2.89. The molecule has 0 saturated carbocycles. The molecule has 0 amide bonds. The number of rotatable bonds is 1. The van der Waals surface area contributed by atoms with Gasteiger partial charge in [0.15, 0.2) is 0 Å². The van der Waals surface area contributed by atoms with Crippen LogP contribution in [0.1, 0.15) is 46.6 Å². The summed E-state index contributed by atoms with van der Waals surface area (Å²) in [6.07, 6.45) is 8.63. The Morgan fingerprint density at radius 2 is 1.56 bits per heavy atom. The van der Waals surface area contributed by atoms with E-state index in [1.54, 1.807) is 6.07 Å². The number of phenols is 1. The minimum atomic E-state index is -1.26. The van der Waals surface area contributed by atoms with Gasteiger partial charge in [0.1, 0.15) is 5.75 Å². The number of hydrogen-bond donors (Lipinski definition) is 1. The maximum atomic E-state index is 9.38. The van der Waals surface area contributed by atoms with E-state index in [-0.39, 0.29) is 24.8 Å². The molecule has 0 bridgehead atoms. The quantitative estimate of drug-likeness (QED) is 0.369. The van der Waals surface area contributed by atoms with Crippen molar-refractivity contribution in [3.05, 3.63) is 47.6 Å². The Morgan fingerprint density at radius 3 is 1.81 bits per heavy atom. The molecule has 5 heteroatoms. The summed E-state index contributed by atoms with van der Waals surface area (Å²) < 4.78 is 1.42. The van der Waals surface area contributed by atoms with Crippen LogP contribution in [-0.4, -0.2) is 17.0 Å². The van der Waals surface area contributed by atoms with Gasteiger partial charge in [0, 0.05) is 0 Å². The number of phenolic OH excluding ortho intramolecular Hbond substituents is 1. The topological polar surface area (TPSA) is 20.2 Å². The molecule has 0 spiro atoms. The van der Waals surface area contributed by atoms with Crippen molar-refractivity contribution in [3.63, 3.8) is 0 Å². The molecule has 1 nitrogen and oxygen atoms in total. The Morgan fingerprint density at radius 1 is 1.07 bits per heavy atom. The van der Waals surface area contributed by atoms with Gasteiger partial charge >= 0.3 is 37.6 Å². The molecule has 1 aliphatic rings. The normalized spacial score (nSPS) is 12.3. The monoisotopic (exact) mass is 463 g/mol. The zero-order chi connectivity index (χ0) is 19.8. The van der Waals surface area contributed by atoms with Crippen molar-refractivity contribution >= 4 is 41.9 Å². The number of halogens is 2. The van der Waals surface area contributed by atoms with Crippen molar-refractivity contribution in [1.82, 2.24) is 0 Å². The van der Waals surface area contributed by atoms with Gasteiger partial charge in [-0.05, 0) is 30.0 Å². The second-order valence-corrected chi connectivity index (χ2v) is 15.4. The van der Waals surface area contributed by atoms with Crippen LogP contribution < -0.4 is 5.19 Å². The van der Waals surface area contributed by atoms with Crippen LogP contribution in [0.15, 0.2) is 35.9 Å². The Hall–Kier alpha value is -0.119. The van der Waals surface area contributed by atoms with Crippen LogP contribution in [0.4, 0.5) is 0 Å². The van der Waals surface area contributed by atoms with Gasteiger partial charge in [-0.3, -0.25) is 6.08 Å². The number of benzene rings is 1. The molecule has 0 unspecified atom stereocenters. The summed E-state index contributed by atoms with van der Waals surface area (Å²) in [4.78, 5) is 0. The van der Waals surface area contributed by atoms with Gasteiger partial charge in [0.25, 0.3) is 0 Å². The maximum Gasteiger partial charge on any atom is 0.115 e. The van der Waals surface area contributed by atoms with Crippen molar-refractivity contribution in [3.8, 4) is 5.75 Å². The number of aryl methyl sites for hydroxylation is 1. The number of hydrogen-bond acceptors (Lipinski definition) is 1. The molecule has 0 fully saturated rings. The first-order chi connectivity index (χ1) is 11.2. The second kappa shape index (κ2) is 14.0. The summed E-state index contributed by atoms with van der Waals surface area (Å²) in [6, 6.07) is 5.86. The van der Waals surface area contributed by atoms with Crippen LogP contribution in [0.5, 0.6) is 5.75 Å². The minimum Gasteiger partial charge on any atom is -0.508 e. The molecule has 1 aromatic carbocycles. The maximum absolute atomic E-state index is 9.38. The van der Waals surface area contributed by atoms with Gasteiger partial charge in [-0.1, -0.05) is 51.7 Å². The molecule has 1 N–H and O–H groups in total. The second-order valence-electron chi connectivity index (χ2n) is 8.75. The third-order valence-electron chi connectivity index (χ3n) is 3.43. The largest absolute Gasteiger partial charge is 0.508 e. The molecule has 0 saturated heterocycles. The Bertz CT molecular complexity index is 614. The van der Waals surface area contributed by atoms with Crippen LogP contribution in [0.25, 0.3) is 0 Å². The molecule has 1 aliphatic carbocycles. The van der Waals surface area contributed by atoms with Crippen LogP contribution >= 0.6 is 24.8 Å². The van der Waals surface area contributed by atoms with E-state index >= 15 is 0 Å². The molecule has 0 heterocycles. The Kier molecular flexibility index (Phi) is 16.3. The van der Waals surface area contributed by atoms with Crippen LogP contribution in [0.3, 0.4) is 0 Å². The fourth-order valence-electron chi connectivity index (χ4n) is 2.12. The fraction of sp³-hybridized carbons (Fsp3) is 0.500. The van der Waals surface area contributed by atoms with Crippen LogP contribution in [-0.2, 0) is 20.0 Å². The molecular weight excluding hydrogens is 427 g/mol. The van der Waals surface area contributed by atoms with E-state index in [4.69, 9.17) is 0 Å². The van der Waals surface area contributed by atoms with E-state index in [0.717, 1.165) is 12.0 Å². The van der Waals surface area contributed by atoms with E-state index in [1.807, 2.05) is 13.0 Å². The van der Waals surface area contributed by atoms with Crippen molar-refractivity contribution in [2.75, 3.05) is 0 Å². The molecule has 0 aromatic heterocycles. The number of aromatic hydroxyl groups is 1. The Balaban J connectivity index is -0.000000343. The smallest absolute Gasteiger partial charge is 0.115 e. The van der Waals surface area contributed by atoms with E-state index in [9.17, 15) is 5.11 Å². The summed E-state index contributed by atoms with van der Waals surface area (Å²) in [6.45, 7) is 19.7. The molecular formula is C22H37Cl2OSiTi. The first kappa shape index (κ1) is 31.6. The van der Waals surface area contributed by atoms with Gasteiger partial charge < -0.3 is 5.11 Å². The van der Waals surface area contributed by atoms with Gasteiger partial charge in [0.2, 0.25) is 0 Å². The first-order valence-electron chi connectivity index (χ1n) is 8.84. The number of allylic oxidation sites excluding steroid dienone is 4. The molecule has 2 rings (SSSR count). The molecule has 1 aromatic rings. The third kappa shape index (κ3) is 15.5. The Labute approximate surface area is 192 Å². The fourth-order valence-corrected chi connectivity index (χ4v) is 3.36. The molecule has 0 atom stereocenters. The van der Waals surface area contributed by atoms with Gasteiger partial charge in [-0.25, -0.2) is 11.6 Å². The van der Waals surface area contributed by atoms with Gasteiger partial charge in [0.05, 0.1) is 8.07 Å². The first-order valence-corrected chi connectivity index (χ1v) is 13.1. The zero-order valence-corrected chi connectivity index (χ0v) is 22.6. The van der Waals surface area contributed by atoms with Crippen molar-refractivity contribution < 1.29 is 25.1 Å². The molecule has 153 valence electrons. The van der Waals surface area contributed by atoms with Crippen LogP contribution in [0.2, 0.25) is 19.6 Å². The zero-order valence-electron chi connectivity index (χ0n) is 18.4. The third-order valence-corrected chi connectivity index (χ3v) is 5.45. The molecule has 0 aliphatic heterocycles. The van der Waals surface area contributed by atoms with Crippen molar-refractivity contribution in [2.45, 2.75) is 67.6 Å². The summed E-state index contributed by atoms with van der Waals surface area (Å²) in [5.74, 6) is 0.396. The average molecular weight is 464 g/mol. The van der Waals surface area contributed by atoms with Crippen LogP contribution in [0, 0.1) is 18.4 Å². The van der Waals surface area contributed by atoms with Crippen molar-refractivity contribution in [1.29, 1.82) is 0 Å². The predicted molar refractivity (Wildman–Crippen MR) is 127 cm³/mol. The summed E-state index contributed by atoms with van der Waals surface area (Å²) in [7, 11) is -1.26. The predicted octanol–water partition coefficient (Wildman–Crippen LogP) is 6.56. The SMILES string of the molecule is CC(C)(C)C1=[C-]CC=C1.C[C](C)=[Ti+].Cc1cc(O)cc([Si](C)(C)C)c1.Cl.Cl. The van der Waals surface area contributed by atoms with E-state index in [2.05, 4.69) is 98.5 Å². The van der Waals surface area contributed by atoms with E-state index in [1.165, 1.54) is 14.6 Å². The van der Waals surface area contributed by atoms with Crippen molar-refractivity contribution in [2.24, 2.45) is 5.41 Å².